The van der Waals surface area contributed by atoms with Gasteiger partial charge in [0.2, 0.25) is 0 Å². The van der Waals surface area contributed by atoms with Gasteiger partial charge in [-0.15, -0.1) is 0 Å². The summed E-state index contributed by atoms with van der Waals surface area (Å²) in [6.07, 6.45) is 3.13. The molecule has 3 N–H and O–H groups in total. The van der Waals surface area contributed by atoms with Crippen LogP contribution in [0.1, 0.15) is 43.5 Å². The van der Waals surface area contributed by atoms with Crippen molar-refractivity contribution in [1.82, 2.24) is 5.32 Å². The molecule has 1 saturated heterocycles. The van der Waals surface area contributed by atoms with Crippen LogP contribution in [-0.4, -0.2) is 37.7 Å². The number of anilines is 1. The number of hydrogen-bond acceptors (Lipinski definition) is 5. The van der Waals surface area contributed by atoms with Crippen LogP contribution in [0.5, 0.6) is 5.75 Å². The average Bonchev–Trinajstić information content (AvgIpc) is 3.03. The number of ether oxygens (including phenoxy) is 2. The quantitative estimate of drug-likeness (QED) is 0.570. The number of nitrogens with one attached hydrogen (secondary N) is 1. The SMILES string of the molecule is CCOc1ccc(C(=O)C(CC)NCC2CCCO2)cc1N. The van der Waals surface area contributed by atoms with E-state index in [9.17, 15) is 4.79 Å². The Bertz CT molecular complexity index is 499. The molecule has 0 aromatic heterocycles. The van der Waals surface area contributed by atoms with Crippen LogP contribution < -0.4 is 15.8 Å². The molecule has 0 bridgehead atoms. The Hall–Kier alpha value is -1.59. The van der Waals surface area contributed by atoms with Gasteiger partial charge < -0.3 is 20.5 Å². The summed E-state index contributed by atoms with van der Waals surface area (Å²) in [5.74, 6) is 0.689. The number of rotatable bonds is 8. The first-order chi connectivity index (χ1) is 10.7. The van der Waals surface area contributed by atoms with Crippen molar-refractivity contribution in [3.05, 3.63) is 23.8 Å². The molecule has 0 amide bonds. The van der Waals surface area contributed by atoms with Crippen molar-refractivity contribution in [2.24, 2.45) is 0 Å². The molecule has 0 saturated carbocycles. The molecule has 1 fully saturated rings. The molecule has 5 heteroatoms. The van der Waals surface area contributed by atoms with Crippen molar-refractivity contribution in [3.8, 4) is 5.75 Å². The highest BCUT2D eigenvalue weighted by Crippen LogP contribution is 2.23. The monoisotopic (exact) mass is 306 g/mol. The smallest absolute Gasteiger partial charge is 0.179 e. The first kappa shape index (κ1) is 16.8. The summed E-state index contributed by atoms with van der Waals surface area (Å²) in [6, 6.07) is 5.03. The summed E-state index contributed by atoms with van der Waals surface area (Å²) in [5, 5.41) is 3.32. The van der Waals surface area contributed by atoms with Crippen LogP contribution in [0.15, 0.2) is 18.2 Å². The number of carbonyl (C=O) groups excluding carboxylic acids is 1. The molecular formula is C17H26N2O3. The molecule has 2 unspecified atom stereocenters. The third kappa shape index (κ3) is 4.21. The Morgan fingerprint density at radius 3 is 2.91 bits per heavy atom. The van der Waals surface area contributed by atoms with Gasteiger partial charge in [-0.3, -0.25) is 4.79 Å². The molecule has 0 spiro atoms. The van der Waals surface area contributed by atoms with Crippen LogP contribution in [-0.2, 0) is 4.74 Å². The van der Waals surface area contributed by atoms with Crippen LogP contribution in [0.2, 0.25) is 0 Å². The zero-order valence-electron chi connectivity index (χ0n) is 13.4. The highest BCUT2D eigenvalue weighted by atomic mass is 16.5. The van der Waals surface area contributed by atoms with Crippen LogP contribution in [0, 0.1) is 0 Å². The Morgan fingerprint density at radius 2 is 2.32 bits per heavy atom. The largest absolute Gasteiger partial charge is 0.492 e. The Balaban J connectivity index is 1.99. The minimum absolute atomic E-state index is 0.0650. The van der Waals surface area contributed by atoms with Crippen molar-refractivity contribution in [3.63, 3.8) is 0 Å². The molecule has 1 aromatic carbocycles. The van der Waals surface area contributed by atoms with E-state index in [0.29, 0.717) is 23.6 Å². The van der Waals surface area contributed by atoms with Crippen LogP contribution in [0.25, 0.3) is 0 Å². The maximum absolute atomic E-state index is 12.6. The summed E-state index contributed by atoms with van der Waals surface area (Å²) < 4.78 is 11.0. The number of carbonyl (C=O) groups is 1. The molecule has 0 radical (unpaired) electrons. The lowest BCUT2D eigenvalue weighted by Crippen LogP contribution is -2.40. The second kappa shape index (κ2) is 8.15. The van der Waals surface area contributed by atoms with Crippen molar-refractivity contribution in [1.29, 1.82) is 0 Å². The first-order valence-electron chi connectivity index (χ1n) is 8.07. The minimum Gasteiger partial charge on any atom is -0.492 e. The summed E-state index contributed by atoms with van der Waals surface area (Å²) in [7, 11) is 0. The average molecular weight is 306 g/mol. The topological polar surface area (TPSA) is 73.6 Å². The molecule has 1 aliphatic heterocycles. The lowest BCUT2D eigenvalue weighted by Gasteiger charge is -2.19. The van der Waals surface area contributed by atoms with E-state index in [1.165, 1.54) is 0 Å². The zero-order valence-corrected chi connectivity index (χ0v) is 13.4. The van der Waals surface area contributed by atoms with Gasteiger partial charge in [-0.25, -0.2) is 0 Å². The fourth-order valence-corrected chi connectivity index (χ4v) is 2.69. The first-order valence-corrected chi connectivity index (χ1v) is 8.07. The van der Waals surface area contributed by atoms with E-state index < -0.39 is 0 Å². The van der Waals surface area contributed by atoms with Crippen LogP contribution in [0.4, 0.5) is 5.69 Å². The minimum atomic E-state index is -0.207. The summed E-state index contributed by atoms with van der Waals surface area (Å²) in [6.45, 7) is 6.00. The standard InChI is InChI=1S/C17H26N2O3/c1-3-15(19-11-13-6-5-9-22-13)17(20)12-7-8-16(21-4-2)14(18)10-12/h7-8,10,13,15,19H,3-6,9,11,18H2,1-2H3. The number of nitrogens with two attached hydrogens (primary N) is 1. The molecule has 2 atom stereocenters. The van der Waals surface area contributed by atoms with Crippen molar-refractivity contribution < 1.29 is 14.3 Å². The van der Waals surface area contributed by atoms with Gasteiger partial charge >= 0.3 is 0 Å². The Morgan fingerprint density at radius 1 is 1.50 bits per heavy atom. The maximum Gasteiger partial charge on any atom is 0.179 e. The lowest BCUT2D eigenvalue weighted by atomic mass is 10.0. The van der Waals surface area contributed by atoms with Gasteiger partial charge in [0.05, 0.1) is 24.4 Å². The highest BCUT2D eigenvalue weighted by molar-refractivity contribution is 6.01. The van der Waals surface area contributed by atoms with Gasteiger partial charge in [0, 0.05) is 18.7 Å². The van der Waals surface area contributed by atoms with E-state index in [-0.39, 0.29) is 17.9 Å². The second-order valence-electron chi connectivity index (χ2n) is 5.55. The van der Waals surface area contributed by atoms with Crippen molar-refractivity contribution in [2.75, 3.05) is 25.5 Å². The van der Waals surface area contributed by atoms with Gasteiger partial charge in [-0.05, 0) is 44.4 Å². The maximum atomic E-state index is 12.6. The molecule has 2 rings (SSSR count). The van der Waals surface area contributed by atoms with Gasteiger partial charge in [-0.1, -0.05) is 6.92 Å². The normalized spacial score (nSPS) is 19.1. The van der Waals surface area contributed by atoms with E-state index in [4.69, 9.17) is 15.2 Å². The second-order valence-corrected chi connectivity index (χ2v) is 5.55. The highest BCUT2D eigenvalue weighted by Gasteiger charge is 2.22. The third-order valence-electron chi connectivity index (χ3n) is 3.93. The van der Waals surface area contributed by atoms with E-state index in [1.54, 1.807) is 18.2 Å². The fourth-order valence-electron chi connectivity index (χ4n) is 2.69. The molecule has 5 nitrogen and oxygen atoms in total. The zero-order chi connectivity index (χ0) is 15.9. The Kier molecular flexibility index (Phi) is 6.21. The number of nitrogen functional groups attached to an aromatic ring is 1. The number of Topliss-reactive ketones (excluding diaryl/α,β-unsaturated/α-hetero) is 1. The fraction of sp³-hybridized carbons (Fsp3) is 0.588. The predicted molar refractivity (Wildman–Crippen MR) is 87.4 cm³/mol. The molecule has 1 heterocycles. The van der Waals surface area contributed by atoms with E-state index in [2.05, 4.69) is 5.32 Å². The summed E-state index contributed by atoms with van der Waals surface area (Å²) >= 11 is 0. The van der Waals surface area contributed by atoms with Gasteiger partial charge in [0.15, 0.2) is 5.78 Å². The summed E-state index contributed by atoms with van der Waals surface area (Å²) in [4.78, 5) is 12.6. The summed E-state index contributed by atoms with van der Waals surface area (Å²) in [5.41, 5.74) is 7.06. The molecular weight excluding hydrogens is 280 g/mol. The van der Waals surface area contributed by atoms with Gasteiger partial charge in [0.25, 0.3) is 0 Å². The molecule has 1 aliphatic rings. The molecule has 22 heavy (non-hydrogen) atoms. The number of ketones is 1. The van der Waals surface area contributed by atoms with E-state index in [1.807, 2.05) is 13.8 Å². The third-order valence-corrected chi connectivity index (χ3v) is 3.93. The molecule has 1 aromatic rings. The number of benzene rings is 1. The lowest BCUT2D eigenvalue weighted by molar-refractivity contribution is 0.0889. The van der Waals surface area contributed by atoms with Crippen LogP contribution >= 0.6 is 0 Å². The predicted octanol–water partition coefficient (Wildman–Crippen LogP) is 2.40. The van der Waals surface area contributed by atoms with Crippen molar-refractivity contribution in [2.45, 2.75) is 45.3 Å². The molecule has 0 aliphatic carbocycles. The van der Waals surface area contributed by atoms with Crippen LogP contribution in [0.3, 0.4) is 0 Å². The van der Waals surface area contributed by atoms with Gasteiger partial charge in [0.1, 0.15) is 5.75 Å². The Labute approximate surface area is 132 Å². The number of hydrogen-bond donors (Lipinski definition) is 2. The van der Waals surface area contributed by atoms with Gasteiger partial charge in [-0.2, -0.15) is 0 Å². The van der Waals surface area contributed by atoms with E-state index in [0.717, 1.165) is 32.4 Å². The van der Waals surface area contributed by atoms with Crippen molar-refractivity contribution >= 4 is 11.5 Å². The van der Waals surface area contributed by atoms with E-state index >= 15 is 0 Å². The molecule has 122 valence electrons.